The third-order valence-electron chi connectivity index (χ3n) is 2.81. The molecule has 0 radical (unpaired) electrons. The molecule has 0 bridgehead atoms. The smallest absolute Gasteiger partial charge is 0.129 e. The van der Waals surface area contributed by atoms with Crippen molar-refractivity contribution in [3.05, 3.63) is 30.2 Å². The molecule has 2 aromatic rings. The van der Waals surface area contributed by atoms with Gasteiger partial charge in [-0.3, -0.25) is 9.67 Å². The highest BCUT2D eigenvalue weighted by Crippen LogP contribution is 2.32. The molecule has 0 aromatic carbocycles. The van der Waals surface area contributed by atoms with E-state index in [1.54, 1.807) is 10.9 Å². The van der Waals surface area contributed by atoms with E-state index in [9.17, 15) is 0 Å². The summed E-state index contributed by atoms with van der Waals surface area (Å²) < 4.78 is 1.74. The van der Waals surface area contributed by atoms with Crippen molar-refractivity contribution in [2.45, 2.75) is 27.2 Å². The minimum atomic E-state index is 0.178. The zero-order chi connectivity index (χ0) is 13.3. The van der Waals surface area contributed by atoms with Crippen LogP contribution in [0.15, 0.2) is 24.5 Å². The molecule has 0 aliphatic rings. The summed E-state index contributed by atoms with van der Waals surface area (Å²) >= 11 is 0. The lowest BCUT2D eigenvalue weighted by Gasteiger charge is -2.17. The predicted molar refractivity (Wildman–Crippen MR) is 74.0 cm³/mol. The first-order valence-corrected chi connectivity index (χ1v) is 6.10. The topological polar surface area (TPSA) is 56.7 Å². The second kappa shape index (κ2) is 4.44. The Hall–Kier alpha value is -1.84. The predicted octanol–water partition coefficient (Wildman–Crippen LogP) is 2.65. The SMILES string of the molecule is Cn1nc(CC(C)(C)C)c(-c2cccnc2)c1N. The lowest BCUT2D eigenvalue weighted by Crippen LogP contribution is -2.10. The minimum absolute atomic E-state index is 0.178. The van der Waals surface area contributed by atoms with E-state index in [0.717, 1.165) is 23.2 Å². The highest BCUT2D eigenvalue weighted by atomic mass is 15.3. The quantitative estimate of drug-likeness (QED) is 0.883. The van der Waals surface area contributed by atoms with E-state index < -0.39 is 0 Å². The molecule has 0 unspecified atom stereocenters. The van der Waals surface area contributed by atoms with Crippen molar-refractivity contribution in [2.24, 2.45) is 12.5 Å². The highest BCUT2D eigenvalue weighted by Gasteiger charge is 2.21. The van der Waals surface area contributed by atoms with Gasteiger partial charge >= 0.3 is 0 Å². The van der Waals surface area contributed by atoms with Crippen molar-refractivity contribution in [1.82, 2.24) is 14.8 Å². The van der Waals surface area contributed by atoms with Crippen LogP contribution in [-0.2, 0) is 13.5 Å². The van der Waals surface area contributed by atoms with Crippen LogP contribution in [0, 0.1) is 5.41 Å². The van der Waals surface area contributed by atoms with Crippen molar-refractivity contribution in [3.63, 3.8) is 0 Å². The van der Waals surface area contributed by atoms with Gasteiger partial charge in [0.25, 0.3) is 0 Å². The summed E-state index contributed by atoms with van der Waals surface area (Å²) in [4.78, 5) is 4.16. The fourth-order valence-electron chi connectivity index (χ4n) is 2.05. The first kappa shape index (κ1) is 12.6. The van der Waals surface area contributed by atoms with Crippen LogP contribution in [0.3, 0.4) is 0 Å². The molecule has 96 valence electrons. The summed E-state index contributed by atoms with van der Waals surface area (Å²) in [5.41, 5.74) is 9.39. The average molecular weight is 244 g/mol. The summed E-state index contributed by atoms with van der Waals surface area (Å²) in [6.45, 7) is 6.60. The van der Waals surface area contributed by atoms with E-state index in [0.29, 0.717) is 5.82 Å². The van der Waals surface area contributed by atoms with Crippen molar-refractivity contribution in [2.75, 3.05) is 5.73 Å². The molecule has 0 aliphatic carbocycles. The van der Waals surface area contributed by atoms with Gasteiger partial charge in [0.05, 0.1) is 5.69 Å². The fraction of sp³-hybridized carbons (Fsp3) is 0.429. The molecule has 0 saturated carbocycles. The maximum Gasteiger partial charge on any atom is 0.129 e. The number of rotatable bonds is 2. The lowest BCUT2D eigenvalue weighted by atomic mass is 9.88. The van der Waals surface area contributed by atoms with Gasteiger partial charge < -0.3 is 5.73 Å². The van der Waals surface area contributed by atoms with Gasteiger partial charge in [0.15, 0.2) is 0 Å². The van der Waals surface area contributed by atoms with Gasteiger partial charge in [-0.2, -0.15) is 5.10 Å². The number of aromatic nitrogens is 3. The summed E-state index contributed by atoms with van der Waals surface area (Å²) in [5.74, 6) is 0.697. The largest absolute Gasteiger partial charge is 0.383 e. The molecule has 18 heavy (non-hydrogen) atoms. The van der Waals surface area contributed by atoms with Gasteiger partial charge in [0.2, 0.25) is 0 Å². The summed E-state index contributed by atoms with van der Waals surface area (Å²) in [5, 5.41) is 4.54. The fourth-order valence-corrected chi connectivity index (χ4v) is 2.05. The van der Waals surface area contributed by atoms with Gasteiger partial charge in [-0.1, -0.05) is 26.8 Å². The van der Waals surface area contributed by atoms with Gasteiger partial charge in [0.1, 0.15) is 5.82 Å². The first-order valence-electron chi connectivity index (χ1n) is 6.10. The second-order valence-corrected chi connectivity index (χ2v) is 5.81. The zero-order valence-electron chi connectivity index (χ0n) is 11.4. The number of nitrogens with zero attached hydrogens (tertiary/aromatic N) is 3. The third-order valence-corrected chi connectivity index (χ3v) is 2.81. The molecular formula is C14H20N4. The summed E-state index contributed by atoms with van der Waals surface area (Å²) in [6.07, 6.45) is 4.49. The molecule has 0 amide bonds. The van der Waals surface area contributed by atoms with Crippen molar-refractivity contribution in [1.29, 1.82) is 0 Å². The Balaban J connectivity index is 2.52. The van der Waals surface area contributed by atoms with E-state index in [-0.39, 0.29) is 5.41 Å². The number of hydrogen-bond donors (Lipinski definition) is 1. The second-order valence-electron chi connectivity index (χ2n) is 5.81. The number of aryl methyl sites for hydroxylation is 1. The Kier molecular flexibility index (Phi) is 3.11. The Morgan fingerprint density at radius 3 is 2.61 bits per heavy atom. The Morgan fingerprint density at radius 2 is 2.06 bits per heavy atom. The maximum absolute atomic E-state index is 6.13. The van der Waals surface area contributed by atoms with Crippen molar-refractivity contribution in [3.8, 4) is 11.1 Å². The van der Waals surface area contributed by atoms with E-state index in [1.165, 1.54) is 0 Å². The van der Waals surface area contributed by atoms with Crippen LogP contribution in [0.2, 0.25) is 0 Å². The van der Waals surface area contributed by atoms with Crippen LogP contribution in [0.1, 0.15) is 26.5 Å². The van der Waals surface area contributed by atoms with Crippen LogP contribution < -0.4 is 5.73 Å². The molecule has 4 nitrogen and oxygen atoms in total. The van der Waals surface area contributed by atoms with Gasteiger partial charge in [-0.25, -0.2) is 0 Å². The van der Waals surface area contributed by atoms with Gasteiger partial charge in [0, 0.05) is 30.6 Å². The van der Waals surface area contributed by atoms with E-state index in [1.807, 2.05) is 25.4 Å². The normalized spacial score (nSPS) is 11.8. The number of pyridine rings is 1. The Morgan fingerprint density at radius 1 is 1.33 bits per heavy atom. The van der Waals surface area contributed by atoms with Crippen LogP contribution >= 0.6 is 0 Å². The van der Waals surface area contributed by atoms with E-state index in [2.05, 4.69) is 30.9 Å². The lowest BCUT2D eigenvalue weighted by molar-refractivity contribution is 0.405. The first-order chi connectivity index (χ1) is 8.38. The third kappa shape index (κ3) is 2.53. The molecule has 0 fully saturated rings. The number of anilines is 1. The molecule has 0 atom stereocenters. The maximum atomic E-state index is 6.13. The molecule has 4 heteroatoms. The average Bonchev–Trinajstić information content (AvgIpc) is 2.53. The van der Waals surface area contributed by atoms with Gasteiger partial charge in [-0.15, -0.1) is 0 Å². The van der Waals surface area contributed by atoms with E-state index in [4.69, 9.17) is 5.73 Å². The molecule has 2 aromatic heterocycles. The molecule has 0 aliphatic heterocycles. The Labute approximate surface area is 108 Å². The minimum Gasteiger partial charge on any atom is -0.383 e. The van der Waals surface area contributed by atoms with E-state index >= 15 is 0 Å². The molecule has 2 rings (SSSR count). The van der Waals surface area contributed by atoms with Gasteiger partial charge in [-0.05, 0) is 17.9 Å². The van der Waals surface area contributed by atoms with Crippen LogP contribution in [0.4, 0.5) is 5.82 Å². The zero-order valence-corrected chi connectivity index (χ0v) is 11.4. The Bertz CT molecular complexity index is 535. The molecule has 2 heterocycles. The summed E-state index contributed by atoms with van der Waals surface area (Å²) in [7, 11) is 1.88. The van der Waals surface area contributed by atoms with Crippen molar-refractivity contribution < 1.29 is 0 Å². The number of hydrogen-bond acceptors (Lipinski definition) is 3. The molecule has 2 N–H and O–H groups in total. The van der Waals surface area contributed by atoms with Crippen LogP contribution in [0.5, 0.6) is 0 Å². The highest BCUT2D eigenvalue weighted by molar-refractivity contribution is 5.76. The molecule has 0 spiro atoms. The standard InChI is InChI=1S/C14H20N4/c1-14(2,3)8-11-12(13(15)18(4)17-11)10-6-5-7-16-9-10/h5-7,9H,8,15H2,1-4H3. The molecule has 0 saturated heterocycles. The monoisotopic (exact) mass is 244 g/mol. The number of nitrogens with two attached hydrogens (primary N) is 1. The molecular weight excluding hydrogens is 224 g/mol. The summed E-state index contributed by atoms with van der Waals surface area (Å²) in [6, 6.07) is 3.94. The van der Waals surface area contributed by atoms with Crippen LogP contribution in [-0.4, -0.2) is 14.8 Å². The van der Waals surface area contributed by atoms with Crippen molar-refractivity contribution >= 4 is 5.82 Å². The van der Waals surface area contributed by atoms with Crippen LogP contribution in [0.25, 0.3) is 11.1 Å². The number of nitrogen functional groups attached to an aromatic ring is 1.